The van der Waals surface area contributed by atoms with E-state index in [1.807, 2.05) is 13.8 Å². The summed E-state index contributed by atoms with van der Waals surface area (Å²) in [4.78, 5) is 22.0. The van der Waals surface area contributed by atoms with E-state index in [1.54, 1.807) is 12.4 Å². The predicted octanol–water partition coefficient (Wildman–Crippen LogP) is 1.64. The van der Waals surface area contributed by atoms with Gasteiger partial charge in [-0.15, -0.1) is 0 Å². The Balaban J connectivity index is 2.18. The van der Waals surface area contributed by atoms with Gasteiger partial charge in [-0.25, -0.2) is 0 Å². The summed E-state index contributed by atoms with van der Waals surface area (Å²) in [5, 5.41) is 9.15. The number of aryl methyl sites for hydroxylation is 1. The van der Waals surface area contributed by atoms with Gasteiger partial charge in [-0.3, -0.25) is 19.7 Å². The third kappa shape index (κ3) is 2.22. The molecule has 3 unspecified atom stereocenters. The van der Waals surface area contributed by atoms with Gasteiger partial charge in [0.2, 0.25) is 0 Å². The van der Waals surface area contributed by atoms with Crippen molar-refractivity contribution >= 4 is 5.97 Å². The third-order valence-electron chi connectivity index (χ3n) is 3.93. The van der Waals surface area contributed by atoms with Crippen LogP contribution in [-0.2, 0) is 4.79 Å². The van der Waals surface area contributed by atoms with Crippen molar-refractivity contribution in [1.82, 2.24) is 14.9 Å². The van der Waals surface area contributed by atoms with Gasteiger partial charge in [0.05, 0.1) is 23.3 Å². The fraction of sp³-hybridized carbons (Fsp3) is 0.615. The van der Waals surface area contributed by atoms with Crippen LogP contribution in [0.5, 0.6) is 0 Å². The summed E-state index contributed by atoms with van der Waals surface area (Å²) in [7, 11) is 0. The molecule has 1 fully saturated rings. The van der Waals surface area contributed by atoms with Gasteiger partial charge in [0.15, 0.2) is 0 Å². The van der Waals surface area contributed by atoms with Crippen molar-refractivity contribution in [1.29, 1.82) is 0 Å². The van der Waals surface area contributed by atoms with E-state index in [0.717, 1.165) is 17.9 Å². The van der Waals surface area contributed by atoms with Crippen LogP contribution in [0.25, 0.3) is 0 Å². The number of hydrogen-bond acceptors (Lipinski definition) is 4. The van der Waals surface area contributed by atoms with Crippen LogP contribution < -0.4 is 0 Å². The lowest BCUT2D eigenvalue weighted by Crippen LogP contribution is -2.35. The molecule has 1 N–H and O–H groups in total. The summed E-state index contributed by atoms with van der Waals surface area (Å²) in [6.07, 6.45) is 4.08. The Morgan fingerprint density at radius 3 is 2.72 bits per heavy atom. The second-order valence-corrected chi connectivity index (χ2v) is 4.91. The summed E-state index contributed by atoms with van der Waals surface area (Å²) in [5.74, 6) is -0.975. The van der Waals surface area contributed by atoms with E-state index >= 15 is 0 Å². The van der Waals surface area contributed by atoms with Crippen molar-refractivity contribution in [2.75, 3.05) is 6.54 Å². The molecule has 0 spiro atoms. The topological polar surface area (TPSA) is 66.3 Å². The molecule has 1 aliphatic heterocycles. The minimum Gasteiger partial charge on any atom is -0.481 e. The normalized spacial score (nSPS) is 26.2. The molecule has 0 amide bonds. The van der Waals surface area contributed by atoms with Gasteiger partial charge in [0, 0.05) is 18.4 Å². The molecule has 2 heterocycles. The number of aromatic nitrogens is 2. The molecule has 98 valence electrons. The van der Waals surface area contributed by atoms with Crippen LogP contribution in [0.15, 0.2) is 12.4 Å². The number of hydrogen-bond donors (Lipinski definition) is 1. The highest BCUT2D eigenvalue weighted by Gasteiger charge is 2.38. The average molecular weight is 249 g/mol. The maximum Gasteiger partial charge on any atom is 0.308 e. The van der Waals surface area contributed by atoms with E-state index < -0.39 is 5.97 Å². The minimum absolute atomic E-state index is 0.0407. The van der Waals surface area contributed by atoms with Crippen molar-refractivity contribution in [3.63, 3.8) is 0 Å². The summed E-state index contributed by atoms with van der Waals surface area (Å²) in [6, 6.07) is 0.150. The molecule has 0 bridgehead atoms. The maximum absolute atomic E-state index is 11.1. The van der Waals surface area contributed by atoms with Gasteiger partial charge in [0.25, 0.3) is 0 Å². The zero-order valence-corrected chi connectivity index (χ0v) is 11.0. The molecule has 18 heavy (non-hydrogen) atoms. The lowest BCUT2D eigenvalue weighted by Gasteiger charge is -2.29. The first-order valence-corrected chi connectivity index (χ1v) is 6.28. The Morgan fingerprint density at radius 1 is 1.50 bits per heavy atom. The quantitative estimate of drug-likeness (QED) is 0.882. The summed E-state index contributed by atoms with van der Waals surface area (Å²) in [6.45, 7) is 6.79. The number of carbonyl (C=O) groups is 1. The second-order valence-electron chi connectivity index (χ2n) is 4.91. The van der Waals surface area contributed by atoms with Crippen LogP contribution >= 0.6 is 0 Å². The number of aliphatic carboxylic acids is 1. The van der Waals surface area contributed by atoms with Crippen LogP contribution in [-0.4, -0.2) is 38.5 Å². The third-order valence-corrected chi connectivity index (χ3v) is 3.93. The number of carboxylic acid groups (broad SMARTS) is 1. The number of carboxylic acids is 1. The summed E-state index contributed by atoms with van der Waals surface area (Å²) < 4.78 is 0. The molecule has 2 rings (SSSR count). The zero-order chi connectivity index (χ0) is 13.3. The van der Waals surface area contributed by atoms with Gasteiger partial charge < -0.3 is 5.11 Å². The maximum atomic E-state index is 11.1. The van der Waals surface area contributed by atoms with Crippen molar-refractivity contribution in [2.45, 2.75) is 39.3 Å². The van der Waals surface area contributed by atoms with Crippen LogP contribution in [0.2, 0.25) is 0 Å². The Bertz CT molecular complexity index is 450. The van der Waals surface area contributed by atoms with Gasteiger partial charge >= 0.3 is 5.97 Å². The highest BCUT2D eigenvalue weighted by molar-refractivity contribution is 5.71. The van der Waals surface area contributed by atoms with Crippen molar-refractivity contribution in [3.8, 4) is 0 Å². The molecule has 0 aromatic carbocycles. The zero-order valence-electron chi connectivity index (χ0n) is 11.0. The fourth-order valence-corrected chi connectivity index (χ4v) is 2.83. The van der Waals surface area contributed by atoms with E-state index in [-0.39, 0.29) is 18.0 Å². The lowest BCUT2D eigenvalue weighted by molar-refractivity contribution is -0.142. The summed E-state index contributed by atoms with van der Waals surface area (Å²) >= 11 is 0. The Kier molecular flexibility index (Phi) is 3.61. The van der Waals surface area contributed by atoms with E-state index in [4.69, 9.17) is 5.11 Å². The largest absolute Gasteiger partial charge is 0.481 e. The molecule has 5 nitrogen and oxygen atoms in total. The smallest absolute Gasteiger partial charge is 0.308 e. The second kappa shape index (κ2) is 5.02. The number of nitrogens with zero attached hydrogens (tertiary/aromatic N) is 3. The molecule has 1 aromatic heterocycles. The fourth-order valence-electron chi connectivity index (χ4n) is 2.83. The molecule has 0 saturated carbocycles. The van der Waals surface area contributed by atoms with Crippen LogP contribution in [0, 0.1) is 12.8 Å². The van der Waals surface area contributed by atoms with Crippen LogP contribution in [0.1, 0.15) is 37.7 Å². The van der Waals surface area contributed by atoms with Crippen molar-refractivity contribution < 1.29 is 9.90 Å². The molecule has 5 heteroatoms. The number of likely N-dealkylation sites (tertiary alicyclic amines) is 1. The van der Waals surface area contributed by atoms with Crippen molar-refractivity contribution in [2.24, 2.45) is 5.92 Å². The monoisotopic (exact) mass is 249 g/mol. The SMILES string of the molecule is Cc1nccnc1C(C)N1CCC(C(=O)O)C1C. The first-order valence-electron chi connectivity index (χ1n) is 6.28. The molecule has 0 aliphatic carbocycles. The molecule has 1 aliphatic rings. The van der Waals surface area contributed by atoms with Crippen molar-refractivity contribution in [3.05, 3.63) is 23.8 Å². The van der Waals surface area contributed by atoms with Gasteiger partial charge in [-0.2, -0.15) is 0 Å². The predicted molar refractivity (Wildman–Crippen MR) is 67.1 cm³/mol. The minimum atomic E-state index is -0.701. The highest BCUT2D eigenvalue weighted by atomic mass is 16.4. The van der Waals surface area contributed by atoms with Crippen LogP contribution in [0.3, 0.4) is 0 Å². The highest BCUT2D eigenvalue weighted by Crippen LogP contribution is 2.32. The standard InChI is InChI=1S/C13H19N3O2/c1-8-12(15-6-5-14-8)10(3)16-7-4-11(9(16)2)13(17)18/h5-6,9-11H,4,7H2,1-3H3,(H,17,18). The molecule has 1 aromatic rings. The van der Waals surface area contributed by atoms with E-state index in [0.29, 0.717) is 6.42 Å². The van der Waals surface area contributed by atoms with Gasteiger partial charge in [-0.05, 0) is 33.7 Å². The summed E-state index contributed by atoms with van der Waals surface area (Å²) in [5.41, 5.74) is 1.85. The first-order chi connectivity index (χ1) is 8.52. The molecule has 0 radical (unpaired) electrons. The molecule has 3 atom stereocenters. The number of rotatable bonds is 3. The van der Waals surface area contributed by atoms with E-state index in [1.165, 1.54) is 0 Å². The van der Waals surface area contributed by atoms with Gasteiger partial charge in [-0.1, -0.05) is 0 Å². The molecular formula is C13H19N3O2. The average Bonchev–Trinajstić information content (AvgIpc) is 2.71. The lowest BCUT2D eigenvalue weighted by atomic mass is 10.0. The Labute approximate surface area is 107 Å². The van der Waals surface area contributed by atoms with E-state index in [9.17, 15) is 4.79 Å². The van der Waals surface area contributed by atoms with Crippen LogP contribution in [0.4, 0.5) is 0 Å². The Hall–Kier alpha value is -1.49. The van der Waals surface area contributed by atoms with E-state index in [2.05, 4.69) is 21.8 Å². The Morgan fingerprint density at radius 2 is 2.17 bits per heavy atom. The first kappa shape index (κ1) is 13.0. The molecular weight excluding hydrogens is 230 g/mol. The van der Waals surface area contributed by atoms with Gasteiger partial charge in [0.1, 0.15) is 0 Å². The molecule has 1 saturated heterocycles.